The van der Waals surface area contributed by atoms with Gasteiger partial charge in [-0.15, -0.1) is 0 Å². The van der Waals surface area contributed by atoms with Gasteiger partial charge in [0.2, 0.25) is 0 Å². The summed E-state index contributed by atoms with van der Waals surface area (Å²) in [4.78, 5) is 2.37. The molecule has 0 radical (unpaired) electrons. The summed E-state index contributed by atoms with van der Waals surface area (Å²) >= 11 is 0. The Morgan fingerprint density at radius 3 is 2.73 bits per heavy atom. The maximum atomic E-state index is 5.63. The Bertz CT molecular complexity index is 160. The van der Waals surface area contributed by atoms with E-state index < -0.39 is 0 Å². The second-order valence-electron chi connectivity index (χ2n) is 4.64. The number of rotatable bonds is 9. The van der Waals surface area contributed by atoms with Gasteiger partial charge in [0, 0.05) is 19.2 Å². The molecule has 0 aromatic heterocycles. The predicted octanol–water partition coefficient (Wildman–Crippen LogP) is 1.47. The van der Waals surface area contributed by atoms with Crippen molar-refractivity contribution in [2.75, 3.05) is 33.4 Å². The number of nitrogens with zero attached hydrogens (tertiary/aromatic N) is 1. The van der Waals surface area contributed by atoms with E-state index >= 15 is 0 Å². The van der Waals surface area contributed by atoms with Crippen molar-refractivity contribution in [3.05, 3.63) is 0 Å². The van der Waals surface area contributed by atoms with Crippen molar-refractivity contribution in [1.29, 1.82) is 0 Å². The maximum Gasteiger partial charge on any atom is 0.0593 e. The molecule has 90 valence electrons. The van der Waals surface area contributed by atoms with Gasteiger partial charge in [-0.05, 0) is 45.2 Å². The average molecular weight is 214 g/mol. The molecule has 1 aliphatic rings. The van der Waals surface area contributed by atoms with E-state index in [0.29, 0.717) is 6.04 Å². The van der Waals surface area contributed by atoms with Crippen LogP contribution in [0.3, 0.4) is 0 Å². The van der Waals surface area contributed by atoms with E-state index in [1.165, 1.54) is 19.3 Å². The van der Waals surface area contributed by atoms with Crippen LogP contribution >= 0.6 is 0 Å². The van der Waals surface area contributed by atoms with E-state index in [4.69, 9.17) is 10.5 Å². The van der Waals surface area contributed by atoms with Crippen LogP contribution in [0.5, 0.6) is 0 Å². The minimum atomic E-state index is 0.625. The van der Waals surface area contributed by atoms with Crippen LogP contribution in [-0.2, 0) is 4.74 Å². The van der Waals surface area contributed by atoms with Crippen LogP contribution < -0.4 is 5.73 Å². The van der Waals surface area contributed by atoms with Gasteiger partial charge in [0.05, 0.1) is 6.61 Å². The van der Waals surface area contributed by atoms with E-state index in [-0.39, 0.29) is 0 Å². The third kappa shape index (κ3) is 5.50. The average Bonchev–Trinajstić information content (AvgIpc) is 3.04. The number of likely N-dealkylation sites (N-methyl/N-ethyl adjacent to an activating group) is 1. The summed E-state index contributed by atoms with van der Waals surface area (Å²) in [5, 5.41) is 0. The van der Waals surface area contributed by atoms with Crippen molar-refractivity contribution >= 4 is 0 Å². The summed E-state index contributed by atoms with van der Waals surface area (Å²) in [6.45, 7) is 5.88. The molecule has 1 saturated carbocycles. The summed E-state index contributed by atoms with van der Waals surface area (Å²) in [7, 11) is 2.17. The predicted molar refractivity (Wildman–Crippen MR) is 63.9 cm³/mol. The first kappa shape index (κ1) is 12.9. The fourth-order valence-corrected chi connectivity index (χ4v) is 1.85. The number of hydrogen-bond donors (Lipinski definition) is 1. The monoisotopic (exact) mass is 214 g/mol. The van der Waals surface area contributed by atoms with Crippen molar-refractivity contribution in [1.82, 2.24) is 4.90 Å². The molecule has 0 amide bonds. The molecule has 15 heavy (non-hydrogen) atoms. The molecule has 0 aromatic carbocycles. The van der Waals surface area contributed by atoms with Gasteiger partial charge in [-0.25, -0.2) is 0 Å². The van der Waals surface area contributed by atoms with Crippen LogP contribution in [0.1, 0.15) is 32.6 Å². The molecule has 1 fully saturated rings. The standard InChI is InChI=1S/C12H26N2O/c1-3-12(6-7-13)14(2)8-9-15-10-11-4-5-11/h11-12H,3-10,13H2,1-2H3. The van der Waals surface area contributed by atoms with Crippen LogP contribution in [0, 0.1) is 5.92 Å². The topological polar surface area (TPSA) is 38.5 Å². The van der Waals surface area contributed by atoms with Crippen LogP contribution in [-0.4, -0.2) is 44.3 Å². The van der Waals surface area contributed by atoms with E-state index in [2.05, 4.69) is 18.9 Å². The highest BCUT2D eigenvalue weighted by molar-refractivity contribution is 4.72. The Hall–Kier alpha value is -0.120. The first-order valence-electron chi connectivity index (χ1n) is 6.26. The quantitative estimate of drug-likeness (QED) is 0.591. The highest BCUT2D eigenvalue weighted by atomic mass is 16.5. The van der Waals surface area contributed by atoms with Gasteiger partial charge in [-0.3, -0.25) is 0 Å². The van der Waals surface area contributed by atoms with Crippen LogP contribution in [0.2, 0.25) is 0 Å². The smallest absolute Gasteiger partial charge is 0.0593 e. The lowest BCUT2D eigenvalue weighted by Gasteiger charge is -2.26. The zero-order valence-corrected chi connectivity index (χ0v) is 10.2. The molecule has 1 unspecified atom stereocenters. The van der Waals surface area contributed by atoms with Gasteiger partial charge >= 0.3 is 0 Å². The van der Waals surface area contributed by atoms with Crippen molar-refractivity contribution in [3.8, 4) is 0 Å². The van der Waals surface area contributed by atoms with Gasteiger partial charge in [0.15, 0.2) is 0 Å². The summed E-state index contributed by atoms with van der Waals surface area (Å²) in [6, 6.07) is 0.625. The van der Waals surface area contributed by atoms with Gasteiger partial charge in [0.1, 0.15) is 0 Å². The minimum Gasteiger partial charge on any atom is -0.380 e. The van der Waals surface area contributed by atoms with E-state index in [1.54, 1.807) is 0 Å². The van der Waals surface area contributed by atoms with Gasteiger partial charge < -0.3 is 15.4 Å². The number of hydrogen-bond acceptors (Lipinski definition) is 3. The molecular weight excluding hydrogens is 188 g/mol. The normalized spacial score (nSPS) is 18.4. The lowest BCUT2D eigenvalue weighted by molar-refractivity contribution is 0.0893. The van der Waals surface area contributed by atoms with E-state index in [0.717, 1.165) is 38.6 Å². The third-order valence-corrected chi connectivity index (χ3v) is 3.23. The molecule has 0 saturated heterocycles. The zero-order chi connectivity index (χ0) is 11.1. The number of ether oxygens (including phenoxy) is 1. The second-order valence-corrected chi connectivity index (χ2v) is 4.64. The summed E-state index contributed by atoms with van der Waals surface area (Å²) in [5.74, 6) is 0.876. The lowest BCUT2D eigenvalue weighted by Crippen LogP contribution is -2.35. The molecular formula is C12H26N2O. The molecule has 2 N–H and O–H groups in total. The largest absolute Gasteiger partial charge is 0.380 e. The van der Waals surface area contributed by atoms with Crippen molar-refractivity contribution in [2.45, 2.75) is 38.6 Å². The van der Waals surface area contributed by atoms with Crippen molar-refractivity contribution in [3.63, 3.8) is 0 Å². The molecule has 1 aliphatic carbocycles. The maximum absolute atomic E-state index is 5.63. The number of nitrogens with two attached hydrogens (primary N) is 1. The Balaban J connectivity index is 2.00. The molecule has 1 rings (SSSR count). The molecule has 0 bridgehead atoms. The molecule has 0 aliphatic heterocycles. The van der Waals surface area contributed by atoms with E-state index in [9.17, 15) is 0 Å². The highest BCUT2D eigenvalue weighted by Crippen LogP contribution is 2.28. The first-order chi connectivity index (χ1) is 7.27. The Kier molecular flexibility index (Phi) is 6.22. The molecule has 0 heterocycles. The molecule has 0 spiro atoms. The molecule has 3 heteroatoms. The summed E-state index contributed by atoms with van der Waals surface area (Å²) < 4.78 is 5.63. The molecule has 3 nitrogen and oxygen atoms in total. The fourth-order valence-electron chi connectivity index (χ4n) is 1.85. The fraction of sp³-hybridized carbons (Fsp3) is 1.00. The third-order valence-electron chi connectivity index (χ3n) is 3.23. The Labute approximate surface area is 94.0 Å². The van der Waals surface area contributed by atoms with Crippen LogP contribution in [0.25, 0.3) is 0 Å². The minimum absolute atomic E-state index is 0.625. The summed E-state index contributed by atoms with van der Waals surface area (Å²) in [6.07, 6.45) is 5.02. The molecule has 0 aromatic rings. The Morgan fingerprint density at radius 1 is 1.47 bits per heavy atom. The van der Waals surface area contributed by atoms with Gasteiger partial charge in [0.25, 0.3) is 0 Å². The lowest BCUT2D eigenvalue weighted by atomic mass is 10.1. The highest BCUT2D eigenvalue weighted by Gasteiger charge is 2.21. The molecule has 1 atom stereocenters. The van der Waals surface area contributed by atoms with E-state index in [1.807, 2.05) is 0 Å². The van der Waals surface area contributed by atoms with Crippen molar-refractivity contribution in [2.24, 2.45) is 11.7 Å². The first-order valence-corrected chi connectivity index (χ1v) is 6.26. The van der Waals surface area contributed by atoms with Gasteiger partial charge in [-0.2, -0.15) is 0 Å². The zero-order valence-electron chi connectivity index (χ0n) is 10.2. The van der Waals surface area contributed by atoms with Gasteiger partial charge in [-0.1, -0.05) is 6.92 Å². The van der Waals surface area contributed by atoms with Crippen LogP contribution in [0.4, 0.5) is 0 Å². The SMILES string of the molecule is CCC(CCN)N(C)CCOCC1CC1. The Morgan fingerprint density at radius 2 is 2.20 bits per heavy atom. The van der Waals surface area contributed by atoms with Crippen molar-refractivity contribution < 1.29 is 4.74 Å². The summed E-state index contributed by atoms with van der Waals surface area (Å²) in [5.41, 5.74) is 5.59. The van der Waals surface area contributed by atoms with Crippen LogP contribution in [0.15, 0.2) is 0 Å². The second kappa shape index (κ2) is 7.20.